The van der Waals surface area contributed by atoms with Crippen LogP contribution in [0.2, 0.25) is 0 Å². The number of amides is 2. The van der Waals surface area contributed by atoms with E-state index in [1.807, 2.05) is 0 Å². The van der Waals surface area contributed by atoms with Gasteiger partial charge in [-0.1, -0.05) is 6.07 Å². The second-order valence-corrected chi connectivity index (χ2v) is 3.50. The zero-order chi connectivity index (χ0) is 12.8. The van der Waals surface area contributed by atoms with E-state index in [0.29, 0.717) is 11.4 Å². The van der Waals surface area contributed by atoms with Crippen LogP contribution in [0.5, 0.6) is 5.75 Å². The van der Waals surface area contributed by atoms with Crippen LogP contribution in [0.25, 0.3) is 0 Å². The maximum Gasteiger partial charge on any atom is 0.240 e. The summed E-state index contributed by atoms with van der Waals surface area (Å²) in [5.74, 6) is -0.590. The molecule has 1 rings (SSSR count). The average Bonchev–Trinajstić information content (AvgIpc) is 2.27. The van der Waals surface area contributed by atoms with Crippen molar-refractivity contribution in [1.29, 1.82) is 0 Å². The first kappa shape index (κ1) is 12.8. The molecule has 0 bridgehead atoms. The molecule has 0 aromatic heterocycles. The molecule has 0 aliphatic carbocycles. The molecule has 0 radical (unpaired) electrons. The molecular formula is C11H15N3O3. The van der Waals surface area contributed by atoms with Crippen LogP contribution in [-0.2, 0) is 9.59 Å². The number of nitrogens with one attached hydrogen (secondary N) is 1. The highest BCUT2D eigenvalue weighted by Crippen LogP contribution is 2.17. The number of ether oxygens (including phenoxy) is 1. The van der Waals surface area contributed by atoms with E-state index < -0.39 is 17.9 Å². The van der Waals surface area contributed by atoms with Crippen molar-refractivity contribution in [3.63, 3.8) is 0 Å². The lowest BCUT2D eigenvalue weighted by molar-refractivity contribution is -0.123. The first-order valence-electron chi connectivity index (χ1n) is 5.01. The summed E-state index contributed by atoms with van der Waals surface area (Å²) in [4.78, 5) is 21.9. The maximum atomic E-state index is 11.1. The summed E-state index contributed by atoms with van der Waals surface area (Å²) < 4.78 is 5.03. The lowest BCUT2D eigenvalue weighted by Crippen LogP contribution is -2.38. The Morgan fingerprint density at radius 3 is 2.65 bits per heavy atom. The van der Waals surface area contributed by atoms with Crippen LogP contribution < -0.4 is 21.5 Å². The summed E-state index contributed by atoms with van der Waals surface area (Å²) in [5, 5.41) is 2.83. The van der Waals surface area contributed by atoms with Crippen LogP contribution in [0.4, 0.5) is 5.69 Å². The predicted octanol–water partition coefficient (Wildman–Crippen LogP) is -0.164. The van der Waals surface area contributed by atoms with E-state index in [9.17, 15) is 9.59 Å². The Labute approximate surface area is 98.9 Å². The number of primary amides is 2. The maximum absolute atomic E-state index is 11.1. The molecule has 0 fully saturated rings. The predicted molar refractivity (Wildman–Crippen MR) is 63.4 cm³/mol. The first-order valence-corrected chi connectivity index (χ1v) is 5.01. The average molecular weight is 237 g/mol. The number of rotatable bonds is 6. The SMILES string of the molecule is COc1cccc(NC(CC(N)=O)C(N)=O)c1. The number of carbonyl (C=O) groups is 2. The summed E-state index contributed by atoms with van der Waals surface area (Å²) in [6.07, 6.45) is -0.146. The Morgan fingerprint density at radius 1 is 1.41 bits per heavy atom. The van der Waals surface area contributed by atoms with Crippen LogP contribution in [-0.4, -0.2) is 25.0 Å². The summed E-state index contributed by atoms with van der Waals surface area (Å²) in [5.41, 5.74) is 10.8. The fraction of sp³-hybridized carbons (Fsp3) is 0.273. The van der Waals surface area contributed by atoms with Crippen molar-refractivity contribution >= 4 is 17.5 Å². The van der Waals surface area contributed by atoms with Crippen LogP contribution in [0.15, 0.2) is 24.3 Å². The third-order valence-corrected chi connectivity index (χ3v) is 2.16. The van der Waals surface area contributed by atoms with E-state index in [2.05, 4.69) is 5.32 Å². The number of benzene rings is 1. The van der Waals surface area contributed by atoms with Crippen molar-refractivity contribution in [2.24, 2.45) is 11.5 Å². The van der Waals surface area contributed by atoms with E-state index in [1.54, 1.807) is 24.3 Å². The Bertz CT molecular complexity index is 420. The minimum Gasteiger partial charge on any atom is -0.497 e. The molecule has 0 saturated carbocycles. The minimum atomic E-state index is -0.820. The van der Waals surface area contributed by atoms with Gasteiger partial charge in [-0.15, -0.1) is 0 Å². The molecular weight excluding hydrogens is 222 g/mol. The Hall–Kier alpha value is -2.24. The Morgan fingerprint density at radius 2 is 2.12 bits per heavy atom. The van der Waals surface area contributed by atoms with Gasteiger partial charge in [0.05, 0.1) is 13.5 Å². The van der Waals surface area contributed by atoms with Crippen LogP contribution in [0, 0.1) is 0 Å². The highest BCUT2D eigenvalue weighted by atomic mass is 16.5. The Kier molecular flexibility index (Phi) is 4.33. The van der Waals surface area contributed by atoms with Crippen molar-refractivity contribution in [3.05, 3.63) is 24.3 Å². The van der Waals surface area contributed by atoms with Gasteiger partial charge in [0.25, 0.3) is 0 Å². The third-order valence-electron chi connectivity index (χ3n) is 2.16. The molecule has 1 aromatic carbocycles. The molecule has 1 aromatic rings. The van der Waals surface area contributed by atoms with E-state index in [0.717, 1.165) is 0 Å². The normalized spacial score (nSPS) is 11.6. The van der Waals surface area contributed by atoms with Crippen molar-refractivity contribution in [2.75, 3.05) is 12.4 Å². The molecule has 92 valence electrons. The van der Waals surface area contributed by atoms with Gasteiger partial charge in [-0.05, 0) is 12.1 Å². The van der Waals surface area contributed by atoms with Gasteiger partial charge in [-0.3, -0.25) is 9.59 Å². The fourth-order valence-corrected chi connectivity index (χ4v) is 1.34. The number of hydrogen-bond acceptors (Lipinski definition) is 4. The summed E-state index contributed by atoms with van der Waals surface area (Å²) >= 11 is 0. The first-order chi connectivity index (χ1) is 8.02. The Balaban J connectivity index is 2.78. The standard InChI is InChI=1S/C11H15N3O3/c1-17-8-4-2-3-7(5-8)14-9(11(13)16)6-10(12)15/h2-5,9,14H,6H2,1H3,(H2,12,15)(H2,13,16). The minimum absolute atomic E-state index is 0.146. The van der Waals surface area contributed by atoms with Crippen LogP contribution in [0.3, 0.4) is 0 Å². The van der Waals surface area contributed by atoms with E-state index >= 15 is 0 Å². The van der Waals surface area contributed by atoms with E-state index in [1.165, 1.54) is 7.11 Å². The molecule has 0 aliphatic heterocycles. The van der Waals surface area contributed by atoms with Crippen molar-refractivity contribution < 1.29 is 14.3 Å². The highest BCUT2D eigenvalue weighted by molar-refractivity contribution is 5.89. The van der Waals surface area contributed by atoms with E-state index in [-0.39, 0.29) is 6.42 Å². The topological polar surface area (TPSA) is 107 Å². The summed E-state index contributed by atoms with van der Waals surface area (Å²) in [6, 6.07) is 6.12. The molecule has 5 N–H and O–H groups in total. The number of methoxy groups -OCH3 is 1. The third kappa shape index (κ3) is 4.02. The van der Waals surface area contributed by atoms with Gasteiger partial charge in [0.2, 0.25) is 11.8 Å². The largest absolute Gasteiger partial charge is 0.497 e. The van der Waals surface area contributed by atoms with Gasteiger partial charge in [0.1, 0.15) is 11.8 Å². The number of carbonyl (C=O) groups excluding carboxylic acids is 2. The molecule has 6 nitrogen and oxygen atoms in total. The lowest BCUT2D eigenvalue weighted by Gasteiger charge is -2.15. The van der Waals surface area contributed by atoms with Gasteiger partial charge < -0.3 is 21.5 Å². The fourth-order valence-electron chi connectivity index (χ4n) is 1.34. The van der Waals surface area contributed by atoms with Gasteiger partial charge in [0, 0.05) is 11.8 Å². The molecule has 1 unspecified atom stereocenters. The van der Waals surface area contributed by atoms with Gasteiger partial charge >= 0.3 is 0 Å². The quantitative estimate of drug-likeness (QED) is 0.638. The van der Waals surface area contributed by atoms with Gasteiger partial charge in [-0.25, -0.2) is 0 Å². The second-order valence-electron chi connectivity index (χ2n) is 3.50. The molecule has 0 spiro atoms. The monoisotopic (exact) mass is 237 g/mol. The molecule has 1 atom stereocenters. The lowest BCUT2D eigenvalue weighted by atomic mass is 10.1. The molecule has 0 aliphatic rings. The van der Waals surface area contributed by atoms with Crippen molar-refractivity contribution in [3.8, 4) is 5.75 Å². The van der Waals surface area contributed by atoms with Crippen molar-refractivity contribution in [2.45, 2.75) is 12.5 Å². The number of anilines is 1. The number of hydrogen-bond donors (Lipinski definition) is 3. The smallest absolute Gasteiger partial charge is 0.240 e. The number of nitrogens with two attached hydrogens (primary N) is 2. The zero-order valence-corrected chi connectivity index (χ0v) is 9.47. The molecule has 6 heteroatoms. The second kappa shape index (κ2) is 5.74. The van der Waals surface area contributed by atoms with Gasteiger partial charge in [-0.2, -0.15) is 0 Å². The van der Waals surface area contributed by atoms with Crippen LogP contribution >= 0.6 is 0 Å². The zero-order valence-electron chi connectivity index (χ0n) is 9.47. The summed E-state index contributed by atoms with van der Waals surface area (Å²) in [6.45, 7) is 0. The molecule has 0 saturated heterocycles. The molecule has 0 heterocycles. The van der Waals surface area contributed by atoms with E-state index in [4.69, 9.17) is 16.2 Å². The van der Waals surface area contributed by atoms with Crippen LogP contribution in [0.1, 0.15) is 6.42 Å². The summed E-state index contributed by atoms with van der Waals surface area (Å²) in [7, 11) is 1.54. The molecule has 17 heavy (non-hydrogen) atoms. The van der Waals surface area contributed by atoms with Crippen molar-refractivity contribution in [1.82, 2.24) is 0 Å². The van der Waals surface area contributed by atoms with Gasteiger partial charge in [0.15, 0.2) is 0 Å². The molecule has 2 amide bonds. The highest BCUT2D eigenvalue weighted by Gasteiger charge is 2.17.